The fourth-order valence-electron chi connectivity index (χ4n) is 2.03. The van der Waals surface area contributed by atoms with Gasteiger partial charge >= 0.3 is 0 Å². The highest BCUT2D eigenvalue weighted by Crippen LogP contribution is 2.25. The maximum absolute atomic E-state index is 13.6. The van der Waals surface area contributed by atoms with Crippen LogP contribution in [0.15, 0.2) is 18.2 Å². The number of hydrogen-bond donors (Lipinski definition) is 3. The normalized spacial score (nSPS) is 21.7. The molecule has 3 N–H and O–H groups in total. The van der Waals surface area contributed by atoms with Gasteiger partial charge in [-0.05, 0) is 25.5 Å². The van der Waals surface area contributed by atoms with Crippen LogP contribution in [0, 0.1) is 5.82 Å². The van der Waals surface area contributed by atoms with E-state index in [0.717, 1.165) is 19.5 Å². The maximum atomic E-state index is 13.6. The van der Waals surface area contributed by atoms with Gasteiger partial charge in [0.2, 0.25) is 0 Å². The number of benzene rings is 1. The molecule has 0 amide bonds. The highest BCUT2D eigenvalue weighted by Gasteiger charge is 2.18. The second-order valence-electron chi connectivity index (χ2n) is 4.32. The Morgan fingerprint density at radius 1 is 1.59 bits per heavy atom. The maximum Gasteiger partial charge on any atom is 0.129 e. The molecule has 1 aromatic rings. The van der Waals surface area contributed by atoms with E-state index in [-0.39, 0.29) is 11.9 Å². The average molecular weight is 258 g/mol. The first-order valence-corrected chi connectivity index (χ1v) is 6.22. The number of rotatable bonds is 4. The first-order valence-electron chi connectivity index (χ1n) is 5.84. The van der Waals surface area contributed by atoms with Crippen molar-refractivity contribution in [3.63, 3.8) is 0 Å². The molecule has 1 saturated heterocycles. The third-order valence-corrected chi connectivity index (χ3v) is 3.36. The van der Waals surface area contributed by atoms with Crippen LogP contribution < -0.4 is 16.2 Å². The van der Waals surface area contributed by atoms with Gasteiger partial charge in [0.15, 0.2) is 0 Å². The quantitative estimate of drug-likeness (QED) is 0.772. The van der Waals surface area contributed by atoms with Crippen molar-refractivity contribution >= 4 is 11.6 Å². The minimum absolute atomic E-state index is 0.0916. The van der Waals surface area contributed by atoms with Crippen molar-refractivity contribution in [2.75, 3.05) is 13.1 Å². The summed E-state index contributed by atoms with van der Waals surface area (Å²) in [5, 5.41) is 3.77. The summed E-state index contributed by atoms with van der Waals surface area (Å²) in [7, 11) is 0. The number of hydrazine groups is 1. The lowest BCUT2D eigenvalue weighted by atomic mass is 10.1. The second kappa shape index (κ2) is 5.78. The second-order valence-corrected chi connectivity index (χ2v) is 4.73. The molecule has 0 aliphatic carbocycles. The molecule has 1 aromatic carbocycles. The Hall–Kier alpha value is -0.680. The van der Waals surface area contributed by atoms with Crippen LogP contribution in [0.2, 0.25) is 5.02 Å². The molecule has 1 aliphatic heterocycles. The Morgan fingerprint density at radius 2 is 2.41 bits per heavy atom. The van der Waals surface area contributed by atoms with Gasteiger partial charge in [0.25, 0.3) is 0 Å². The van der Waals surface area contributed by atoms with Gasteiger partial charge in [0, 0.05) is 35.8 Å². The summed E-state index contributed by atoms with van der Waals surface area (Å²) in [6.45, 7) is 3.69. The predicted molar refractivity (Wildman–Crippen MR) is 67.4 cm³/mol. The lowest BCUT2D eigenvalue weighted by Gasteiger charge is -2.19. The molecule has 17 heavy (non-hydrogen) atoms. The van der Waals surface area contributed by atoms with Crippen LogP contribution in [0.4, 0.5) is 4.39 Å². The lowest BCUT2D eigenvalue weighted by Crippen LogP contribution is -2.38. The summed E-state index contributed by atoms with van der Waals surface area (Å²) in [6, 6.07) is 5.08. The van der Waals surface area contributed by atoms with Gasteiger partial charge in [-0.3, -0.25) is 10.9 Å². The number of nitrogens with one attached hydrogen (secondary N) is 3. The number of halogens is 2. The summed E-state index contributed by atoms with van der Waals surface area (Å²) in [4.78, 5) is 0. The molecule has 94 valence electrons. The molecule has 0 spiro atoms. The van der Waals surface area contributed by atoms with E-state index in [1.165, 1.54) is 6.07 Å². The van der Waals surface area contributed by atoms with E-state index in [9.17, 15) is 4.39 Å². The molecule has 0 bridgehead atoms. The van der Waals surface area contributed by atoms with Crippen molar-refractivity contribution in [2.45, 2.75) is 25.4 Å². The molecule has 1 fully saturated rings. The SMILES string of the molecule is CC(NCC1CCNN1)c1c(F)cccc1Cl. The summed E-state index contributed by atoms with van der Waals surface area (Å²) >= 11 is 6.01. The highest BCUT2D eigenvalue weighted by molar-refractivity contribution is 6.31. The Bertz CT molecular complexity index is 360. The predicted octanol–water partition coefficient (Wildman–Crippen LogP) is 2.00. The topological polar surface area (TPSA) is 36.1 Å². The molecule has 0 saturated carbocycles. The summed E-state index contributed by atoms with van der Waals surface area (Å²) in [5.41, 5.74) is 6.76. The highest BCUT2D eigenvalue weighted by atomic mass is 35.5. The van der Waals surface area contributed by atoms with Crippen LogP contribution in [0.3, 0.4) is 0 Å². The van der Waals surface area contributed by atoms with Crippen LogP contribution in [-0.4, -0.2) is 19.1 Å². The molecule has 2 unspecified atom stereocenters. The lowest BCUT2D eigenvalue weighted by molar-refractivity contribution is 0.461. The monoisotopic (exact) mass is 257 g/mol. The van der Waals surface area contributed by atoms with E-state index >= 15 is 0 Å². The molecular formula is C12H17ClFN3. The molecule has 3 nitrogen and oxygen atoms in total. The van der Waals surface area contributed by atoms with Gasteiger partial charge in [-0.25, -0.2) is 4.39 Å². The van der Waals surface area contributed by atoms with E-state index in [1.807, 2.05) is 6.92 Å². The van der Waals surface area contributed by atoms with Gasteiger partial charge in [-0.2, -0.15) is 0 Å². The van der Waals surface area contributed by atoms with Crippen LogP contribution >= 0.6 is 11.6 Å². The minimum atomic E-state index is -0.255. The van der Waals surface area contributed by atoms with Crippen LogP contribution in [0.5, 0.6) is 0 Å². The fourth-order valence-corrected chi connectivity index (χ4v) is 2.36. The van der Waals surface area contributed by atoms with Gasteiger partial charge in [-0.1, -0.05) is 17.7 Å². The van der Waals surface area contributed by atoms with Gasteiger partial charge < -0.3 is 5.32 Å². The third kappa shape index (κ3) is 3.16. The Labute approximate surface area is 106 Å². The molecule has 1 heterocycles. The Morgan fingerprint density at radius 3 is 3.06 bits per heavy atom. The number of hydrogen-bond acceptors (Lipinski definition) is 3. The molecule has 0 aromatic heterocycles. The molecule has 1 aliphatic rings. The summed E-state index contributed by atoms with van der Waals surface area (Å²) in [6.07, 6.45) is 1.07. The van der Waals surface area contributed by atoms with Crippen molar-refractivity contribution in [3.05, 3.63) is 34.6 Å². The van der Waals surface area contributed by atoms with Crippen molar-refractivity contribution in [1.29, 1.82) is 0 Å². The first-order chi connectivity index (χ1) is 8.18. The summed E-state index contributed by atoms with van der Waals surface area (Å²) in [5.74, 6) is -0.255. The van der Waals surface area contributed by atoms with E-state index in [4.69, 9.17) is 11.6 Å². The van der Waals surface area contributed by atoms with Gasteiger partial charge in [-0.15, -0.1) is 0 Å². The van der Waals surface area contributed by atoms with Crippen molar-refractivity contribution in [3.8, 4) is 0 Å². The van der Waals surface area contributed by atoms with Crippen molar-refractivity contribution in [1.82, 2.24) is 16.2 Å². The van der Waals surface area contributed by atoms with Crippen LogP contribution in [-0.2, 0) is 0 Å². The van der Waals surface area contributed by atoms with E-state index in [1.54, 1.807) is 12.1 Å². The fraction of sp³-hybridized carbons (Fsp3) is 0.500. The molecule has 2 rings (SSSR count). The van der Waals surface area contributed by atoms with Gasteiger partial charge in [0.05, 0.1) is 0 Å². The minimum Gasteiger partial charge on any atom is -0.308 e. The largest absolute Gasteiger partial charge is 0.308 e. The third-order valence-electron chi connectivity index (χ3n) is 3.03. The standard InChI is InChI=1S/C12H17ClFN3/c1-8(15-7-9-5-6-16-17-9)12-10(13)3-2-4-11(12)14/h2-4,8-9,15-17H,5-7H2,1H3. The van der Waals surface area contributed by atoms with Crippen molar-refractivity contribution in [2.24, 2.45) is 0 Å². The smallest absolute Gasteiger partial charge is 0.129 e. The Kier molecular flexibility index (Phi) is 4.34. The van der Waals surface area contributed by atoms with E-state index in [0.29, 0.717) is 16.6 Å². The molecule has 5 heteroatoms. The zero-order chi connectivity index (χ0) is 12.3. The van der Waals surface area contributed by atoms with E-state index in [2.05, 4.69) is 16.2 Å². The molecule has 0 radical (unpaired) electrons. The Balaban J connectivity index is 1.96. The van der Waals surface area contributed by atoms with Crippen LogP contribution in [0.25, 0.3) is 0 Å². The zero-order valence-corrected chi connectivity index (χ0v) is 10.5. The average Bonchev–Trinajstić information content (AvgIpc) is 2.79. The van der Waals surface area contributed by atoms with E-state index < -0.39 is 0 Å². The van der Waals surface area contributed by atoms with Crippen molar-refractivity contribution < 1.29 is 4.39 Å². The molecular weight excluding hydrogens is 241 g/mol. The zero-order valence-electron chi connectivity index (χ0n) is 9.76. The summed E-state index contributed by atoms with van der Waals surface area (Å²) < 4.78 is 13.6. The van der Waals surface area contributed by atoms with Gasteiger partial charge in [0.1, 0.15) is 5.82 Å². The molecule has 2 atom stereocenters. The van der Waals surface area contributed by atoms with Crippen LogP contribution in [0.1, 0.15) is 24.9 Å². The first kappa shape index (κ1) is 12.8.